The molecule has 2 atom stereocenters. The Balaban J connectivity index is 1.76. The predicted octanol–water partition coefficient (Wildman–Crippen LogP) is 4.37. The van der Waals surface area contributed by atoms with Gasteiger partial charge in [-0.1, -0.05) is 25.1 Å². The Morgan fingerprint density at radius 3 is 2.95 bits per heavy atom. The molecule has 2 heterocycles. The second kappa shape index (κ2) is 5.65. The number of benzene rings is 1. The molecular weight excluding hydrogens is 322 g/mol. The van der Waals surface area contributed by atoms with E-state index in [9.17, 15) is 0 Å². The van der Waals surface area contributed by atoms with Crippen LogP contribution in [0.3, 0.4) is 0 Å². The third kappa shape index (κ3) is 2.86. The highest BCUT2D eigenvalue weighted by Gasteiger charge is 2.27. The van der Waals surface area contributed by atoms with Crippen LogP contribution in [-0.4, -0.2) is 6.61 Å². The lowest BCUT2D eigenvalue weighted by molar-refractivity contribution is 0.188. The zero-order valence-electron chi connectivity index (χ0n) is 10.7. The SMILES string of the molecule is CC1COc2ccccc2C1NCc1ccc(Br)s1. The van der Waals surface area contributed by atoms with E-state index in [1.807, 2.05) is 6.07 Å². The van der Waals surface area contributed by atoms with E-state index in [2.05, 4.69) is 58.5 Å². The number of hydrogen-bond acceptors (Lipinski definition) is 3. The molecule has 1 N–H and O–H groups in total. The maximum atomic E-state index is 5.78. The van der Waals surface area contributed by atoms with Gasteiger partial charge in [-0.25, -0.2) is 0 Å². The first-order valence-electron chi connectivity index (χ1n) is 6.43. The highest BCUT2D eigenvalue weighted by molar-refractivity contribution is 9.11. The van der Waals surface area contributed by atoms with Gasteiger partial charge < -0.3 is 10.1 Å². The monoisotopic (exact) mass is 337 g/mol. The molecule has 0 aliphatic carbocycles. The molecule has 19 heavy (non-hydrogen) atoms. The van der Waals surface area contributed by atoms with Crippen molar-refractivity contribution in [3.63, 3.8) is 0 Å². The van der Waals surface area contributed by atoms with Crippen molar-refractivity contribution in [2.45, 2.75) is 19.5 Å². The predicted molar refractivity (Wildman–Crippen MR) is 82.7 cm³/mol. The van der Waals surface area contributed by atoms with Crippen molar-refractivity contribution in [2.24, 2.45) is 5.92 Å². The Morgan fingerprint density at radius 1 is 1.32 bits per heavy atom. The number of nitrogens with one attached hydrogen (secondary N) is 1. The molecule has 0 spiro atoms. The summed E-state index contributed by atoms with van der Waals surface area (Å²) in [5.41, 5.74) is 1.27. The van der Waals surface area contributed by atoms with Gasteiger partial charge in [0.25, 0.3) is 0 Å². The summed E-state index contributed by atoms with van der Waals surface area (Å²) in [5, 5.41) is 3.67. The topological polar surface area (TPSA) is 21.3 Å². The Morgan fingerprint density at radius 2 is 2.16 bits per heavy atom. The van der Waals surface area contributed by atoms with Crippen LogP contribution in [0.5, 0.6) is 5.75 Å². The Hall–Kier alpha value is -0.840. The van der Waals surface area contributed by atoms with Crippen molar-refractivity contribution in [2.75, 3.05) is 6.61 Å². The molecular formula is C15H16BrNOS. The fourth-order valence-electron chi connectivity index (χ4n) is 2.46. The molecule has 3 rings (SSSR count). The summed E-state index contributed by atoms with van der Waals surface area (Å²) < 4.78 is 6.96. The number of ether oxygens (including phenoxy) is 1. The molecule has 1 aromatic heterocycles. The average molecular weight is 338 g/mol. The summed E-state index contributed by atoms with van der Waals surface area (Å²) in [6.07, 6.45) is 0. The van der Waals surface area contributed by atoms with Crippen molar-refractivity contribution < 1.29 is 4.74 Å². The molecule has 0 saturated carbocycles. The summed E-state index contributed by atoms with van der Waals surface area (Å²) in [6, 6.07) is 13.0. The molecule has 0 fully saturated rings. The lowest BCUT2D eigenvalue weighted by Crippen LogP contribution is -2.33. The fraction of sp³-hybridized carbons (Fsp3) is 0.333. The van der Waals surface area contributed by atoms with Crippen LogP contribution in [0, 0.1) is 5.92 Å². The van der Waals surface area contributed by atoms with Crippen molar-refractivity contribution in [3.8, 4) is 5.75 Å². The number of thiophene rings is 1. The minimum Gasteiger partial charge on any atom is -0.493 e. The zero-order chi connectivity index (χ0) is 13.2. The van der Waals surface area contributed by atoms with Crippen molar-refractivity contribution in [3.05, 3.63) is 50.6 Å². The van der Waals surface area contributed by atoms with Crippen LogP contribution < -0.4 is 10.1 Å². The Kier molecular flexibility index (Phi) is 3.91. The van der Waals surface area contributed by atoms with Gasteiger partial charge in [0.05, 0.1) is 10.4 Å². The van der Waals surface area contributed by atoms with Gasteiger partial charge in [0.15, 0.2) is 0 Å². The summed E-state index contributed by atoms with van der Waals surface area (Å²) in [4.78, 5) is 1.35. The van der Waals surface area contributed by atoms with Crippen LogP contribution >= 0.6 is 27.3 Å². The van der Waals surface area contributed by atoms with Crippen LogP contribution in [0.2, 0.25) is 0 Å². The molecule has 2 unspecified atom stereocenters. The minimum atomic E-state index is 0.367. The molecule has 2 nitrogen and oxygen atoms in total. The third-order valence-electron chi connectivity index (χ3n) is 3.45. The van der Waals surface area contributed by atoms with Crippen LogP contribution in [0.25, 0.3) is 0 Å². The first kappa shape index (κ1) is 13.2. The Bertz CT molecular complexity index is 569. The average Bonchev–Trinajstić information content (AvgIpc) is 2.83. The normalized spacial score (nSPS) is 21.8. The number of hydrogen-bond donors (Lipinski definition) is 1. The van der Waals surface area contributed by atoms with E-state index in [1.165, 1.54) is 14.2 Å². The highest BCUT2D eigenvalue weighted by atomic mass is 79.9. The van der Waals surface area contributed by atoms with E-state index in [-0.39, 0.29) is 0 Å². The molecule has 2 aromatic rings. The van der Waals surface area contributed by atoms with Crippen LogP contribution in [-0.2, 0) is 6.54 Å². The second-order valence-electron chi connectivity index (χ2n) is 4.89. The zero-order valence-corrected chi connectivity index (χ0v) is 13.1. The van der Waals surface area contributed by atoms with E-state index in [0.29, 0.717) is 12.0 Å². The molecule has 0 bridgehead atoms. The van der Waals surface area contributed by atoms with Crippen LogP contribution in [0.4, 0.5) is 0 Å². The standard InChI is InChI=1S/C15H16BrNOS/c1-10-9-18-13-5-3-2-4-12(13)15(10)17-8-11-6-7-14(16)19-11/h2-7,10,15,17H,8-9H2,1H3. The van der Waals surface area contributed by atoms with E-state index >= 15 is 0 Å². The third-order valence-corrected chi connectivity index (χ3v) is 5.07. The lowest BCUT2D eigenvalue weighted by atomic mass is 9.92. The highest BCUT2D eigenvalue weighted by Crippen LogP contribution is 2.35. The molecule has 1 aliphatic rings. The van der Waals surface area contributed by atoms with E-state index < -0.39 is 0 Å². The van der Waals surface area contributed by atoms with Gasteiger partial charge in [-0.2, -0.15) is 0 Å². The van der Waals surface area contributed by atoms with Crippen molar-refractivity contribution in [1.29, 1.82) is 0 Å². The number of halogens is 1. The molecule has 4 heteroatoms. The van der Waals surface area contributed by atoms with Crippen LogP contribution in [0.15, 0.2) is 40.2 Å². The van der Waals surface area contributed by atoms with Gasteiger partial charge in [-0.3, -0.25) is 0 Å². The maximum absolute atomic E-state index is 5.78. The van der Waals surface area contributed by atoms with Gasteiger partial charge in [-0.05, 0) is 34.1 Å². The molecule has 1 aromatic carbocycles. The van der Waals surface area contributed by atoms with E-state index in [1.54, 1.807) is 11.3 Å². The first-order chi connectivity index (χ1) is 9.24. The molecule has 100 valence electrons. The number of fused-ring (bicyclic) bond motifs is 1. The summed E-state index contributed by atoms with van der Waals surface area (Å²) >= 11 is 5.29. The quantitative estimate of drug-likeness (QED) is 0.897. The first-order valence-corrected chi connectivity index (χ1v) is 8.04. The maximum Gasteiger partial charge on any atom is 0.124 e. The fourth-order valence-corrected chi connectivity index (χ4v) is 3.90. The van der Waals surface area contributed by atoms with E-state index in [0.717, 1.165) is 18.9 Å². The summed E-state index contributed by atoms with van der Waals surface area (Å²) in [5.74, 6) is 1.50. The largest absolute Gasteiger partial charge is 0.493 e. The van der Waals surface area contributed by atoms with Gasteiger partial charge in [0.1, 0.15) is 5.75 Å². The molecule has 0 amide bonds. The van der Waals surface area contributed by atoms with Gasteiger partial charge in [0, 0.05) is 28.9 Å². The van der Waals surface area contributed by atoms with Crippen LogP contribution in [0.1, 0.15) is 23.4 Å². The van der Waals surface area contributed by atoms with Gasteiger partial charge in [-0.15, -0.1) is 11.3 Å². The lowest BCUT2D eigenvalue weighted by Gasteiger charge is -2.32. The second-order valence-corrected chi connectivity index (χ2v) is 7.44. The summed E-state index contributed by atoms with van der Waals surface area (Å²) in [6.45, 7) is 3.92. The minimum absolute atomic E-state index is 0.367. The van der Waals surface area contributed by atoms with E-state index in [4.69, 9.17) is 4.74 Å². The summed E-state index contributed by atoms with van der Waals surface area (Å²) in [7, 11) is 0. The van der Waals surface area contributed by atoms with Crippen molar-refractivity contribution in [1.82, 2.24) is 5.32 Å². The van der Waals surface area contributed by atoms with Gasteiger partial charge >= 0.3 is 0 Å². The Labute approximate surface area is 125 Å². The smallest absolute Gasteiger partial charge is 0.124 e. The number of rotatable bonds is 3. The molecule has 1 aliphatic heterocycles. The van der Waals surface area contributed by atoms with Crippen molar-refractivity contribution >= 4 is 27.3 Å². The molecule has 0 saturated heterocycles. The number of para-hydroxylation sites is 1. The molecule has 0 radical (unpaired) electrons. The van der Waals surface area contributed by atoms with Gasteiger partial charge in [0.2, 0.25) is 0 Å².